The number of rotatable bonds is 7. The molecule has 0 saturated carbocycles. The van der Waals surface area contributed by atoms with Gasteiger partial charge in [0.25, 0.3) is 5.91 Å². The molecule has 1 aliphatic rings. The highest BCUT2D eigenvalue weighted by Crippen LogP contribution is 2.25. The largest absolute Gasteiger partial charge is 0.497 e. The van der Waals surface area contributed by atoms with Crippen molar-refractivity contribution < 1.29 is 22.7 Å². The van der Waals surface area contributed by atoms with Crippen LogP contribution in [0.3, 0.4) is 0 Å². The van der Waals surface area contributed by atoms with Gasteiger partial charge in [-0.05, 0) is 42.2 Å². The van der Waals surface area contributed by atoms with Gasteiger partial charge in [-0.15, -0.1) is 11.8 Å². The zero-order valence-electron chi connectivity index (χ0n) is 16.4. The van der Waals surface area contributed by atoms with Gasteiger partial charge >= 0.3 is 0 Å². The number of amides is 1. The Morgan fingerprint density at radius 3 is 2.48 bits per heavy atom. The minimum Gasteiger partial charge on any atom is -0.497 e. The number of hydrogen-bond acceptors (Lipinski definition) is 6. The number of morpholine rings is 1. The topological polar surface area (TPSA) is 84.9 Å². The lowest BCUT2D eigenvalue weighted by atomic mass is 10.2. The smallest absolute Gasteiger partial charge is 0.255 e. The molecule has 1 aliphatic heterocycles. The predicted octanol–water partition coefficient (Wildman–Crippen LogP) is 2.37. The van der Waals surface area contributed by atoms with E-state index >= 15 is 0 Å². The van der Waals surface area contributed by atoms with Crippen LogP contribution in [0.25, 0.3) is 0 Å². The number of carbonyl (C=O) groups is 1. The summed E-state index contributed by atoms with van der Waals surface area (Å²) in [5.41, 5.74) is 1.20. The molecule has 0 unspecified atom stereocenters. The van der Waals surface area contributed by atoms with Crippen molar-refractivity contribution in [3.05, 3.63) is 53.6 Å². The molecule has 0 radical (unpaired) electrons. The Hall–Kier alpha value is -2.07. The van der Waals surface area contributed by atoms with Gasteiger partial charge in [-0.25, -0.2) is 13.1 Å². The van der Waals surface area contributed by atoms with Crippen LogP contribution >= 0.6 is 11.8 Å². The minimum absolute atomic E-state index is 0.0698. The molecule has 1 N–H and O–H groups in total. The van der Waals surface area contributed by atoms with Crippen molar-refractivity contribution >= 4 is 27.7 Å². The van der Waals surface area contributed by atoms with Gasteiger partial charge < -0.3 is 14.4 Å². The van der Waals surface area contributed by atoms with Crippen LogP contribution in [0.2, 0.25) is 0 Å². The number of methoxy groups -OCH3 is 1. The maximum atomic E-state index is 12.9. The van der Waals surface area contributed by atoms with Gasteiger partial charge in [0.1, 0.15) is 5.75 Å². The molecule has 2 aromatic carbocycles. The normalized spacial score (nSPS) is 14.6. The maximum absolute atomic E-state index is 12.9. The molecule has 0 bridgehead atoms. The molecule has 9 heteroatoms. The van der Waals surface area contributed by atoms with E-state index in [0.29, 0.717) is 37.6 Å². The molecule has 0 spiro atoms. The van der Waals surface area contributed by atoms with Crippen LogP contribution in [-0.2, 0) is 21.3 Å². The van der Waals surface area contributed by atoms with Gasteiger partial charge in [0.05, 0.1) is 30.8 Å². The molecule has 29 heavy (non-hydrogen) atoms. The monoisotopic (exact) mass is 436 g/mol. The molecule has 7 nitrogen and oxygen atoms in total. The summed E-state index contributed by atoms with van der Waals surface area (Å²) in [7, 11) is -2.20. The highest BCUT2D eigenvalue weighted by Gasteiger charge is 2.24. The average molecular weight is 437 g/mol. The number of sulfonamides is 1. The molecular weight excluding hydrogens is 412 g/mol. The highest BCUT2D eigenvalue weighted by atomic mass is 32.2. The van der Waals surface area contributed by atoms with E-state index in [2.05, 4.69) is 4.72 Å². The van der Waals surface area contributed by atoms with Crippen LogP contribution in [0.15, 0.2) is 52.3 Å². The summed E-state index contributed by atoms with van der Waals surface area (Å²) < 4.78 is 38.6. The molecule has 1 amide bonds. The van der Waals surface area contributed by atoms with Crippen LogP contribution in [0.4, 0.5) is 0 Å². The summed E-state index contributed by atoms with van der Waals surface area (Å²) in [4.78, 5) is 15.4. The van der Waals surface area contributed by atoms with Crippen LogP contribution in [-0.4, -0.2) is 58.9 Å². The van der Waals surface area contributed by atoms with Gasteiger partial charge in [-0.2, -0.15) is 0 Å². The lowest BCUT2D eigenvalue weighted by molar-refractivity contribution is 0.0300. The first-order chi connectivity index (χ1) is 13.9. The molecule has 3 rings (SSSR count). The molecule has 1 heterocycles. The van der Waals surface area contributed by atoms with Gasteiger partial charge in [0.15, 0.2) is 0 Å². The number of hydrogen-bond donors (Lipinski definition) is 1. The van der Waals surface area contributed by atoms with E-state index in [1.807, 2.05) is 6.26 Å². The lowest BCUT2D eigenvalue weighted by Gasteiger charge is -2.27. The number of ether oxygens (including phenoxy) is 2. The second-order valence-corrected chi connectivity index (χ2v) is 9.05. The molecule has 156 valence electrons. The fourth-order valence-electron chi connectivity index (χ4n) is 2.96. The summed E-state index contributed by atoms with van der Waals surface area (Å²) in [5.74, 6) is 0.528. The number of nitrogens with one attached hydrogen (secondary N) is 1. The predicted molar refractivity (Wildman–Crippen MR) is 112 cm³/mol. The Bertz CT molecular complexity index is 955. The zero-order valence-corrected chi connectivity index (χ0v) is 18.0. The number of nitrogens with zero attached hydrogens (tertiary/aromatic N) is 1. The fraction of sp³-hybridized carbons (Fsp3) is 0.350. The fourth-order valence-corrected chi connectivity index (χ4v) is 4.58. The van der Waals surface area contributed by atoms with E-state index in [9.17, 15) is 13.2 Å². The Balaban J connectivity index is 1.80. The second kappa shape index (κ2) is 9.62. The average Bonchev–Trinajstić information content (AvgIpc) is 2.77. The summed E-state index contributed by atoms with van der Waals surface area (Å²) in [6.07, 6.45) is 1.86. The number of thioether (sulfide) groups is 1. The summed E-state index contributed by atoms with van der Waals surface area (Å²) in [6, 6.07) is 11.8. The summed E-state index contributed by atoms with van der Waals surface area (Å²) in [6.45, 7) is 2.12. The van der Waals surface area contributed by atoms with Crippen molar-refractivity contribution in [1.29, 1.82) is 0 Å². The lowest BCUT2D eigenvalue weighted by Crippen LogP contribution is -2.41. The molecule has 0 aliphatic carbocycles. The Morgan fingerprint density at radius 1 is 1.17 bits per heavy atom. The Labute approximate surface area is 175 Å². The summed E-state index contributed by atoms with van der Waals surface area (Å²) in [5, 5.41) is 0. The van der Waals surface area contributed by atoms with Crippen LogP contribution in [0.1, 0.15) is 15.9 Å². The Kier molecular flexibility index (Phi) is 7.18. The van der Waals surface area contributed by atoms with E-state index < -0.39 is 10.0 Å². The van der Waals surface area contributed by atoms with Gasteiger partial charge in [0.2, 0.25) is 10.0 Å². The quantitative estimate of drug-likeness (QED) is 0.671. The minimum atomic E-state index is -3.77. The van der Waals surface area contributed by atoms with Crippen molar-refractivity contribution in [3.63, 3.8) is 0 Å². The summed E-state index contributed by atoms with van der Waals surface area (Å²) >= 11 is 1.41. The zero-order chi connectivity index (χ0) is 20.9. The van der Waals surface area contributed by atoms with Gasteiger partial charge in [-0.1, -0.05) is 12.1 Å². The second-order valence-electron chi connectivity index (χ2n) is 6.44. The SMILES string of the molecule is COc1ccc(CNS(=O)(=O)c2ccc(SC)c(C(=O)N3CCOCC3)c2)cc1. The molecule has 0 aromatic heterocycles. The first-order valence-electron chi connectivity index (χ1n) is 9.12. The Morgan fingerprint density at radius 2 is 1.86 bits per heavy atom. The van der Waals surface area contributed by atoms with Crippen molar-refractivity contribution in [2.24, 2.45) is 0 Å². The van der Waals surface area contributed by atoms with Crippen molar-refractivity contribution in [3.8, 4) is 5.75 Å². The maximum Gasteiger partial charge on any atom is 0.255 e. The van der Waals surface area contributed by atoms with Crippen molar-refractivity contribution in [2.75, 3.05) is 39.7 Å². The third kappa shape index (κ3) is 5.30. The van der Waals surface area contributed by atoms with Crippen LogP contribution < -0.4 is 9.46 Å². The van der Waals surface area contributed by atoms with E-state index in [1.54, 1.807) is 42.3 Å². The van der Waals surface area contributed by atoms with E-state index in [1.165, 1.54) is 23.9 Å². The van der Waals surface area contributed by atoms with Crippen LogP contribution in [0.5, 0.6) is 5.75 Å². The first-order valence-corrected chi connectivity index (χ1v) is 11.8. The third-order valence-corrected chi connectivity index (χ3v) is 6.83. The van der Waals surface area contributed by atoms with Crippen molar-refractivity contribution in [2.45, 2.75) is 16.3 Å². The molecule has 0 atom stereocenters. The van der Waals surface area contributed by atoms with Crippen molar-refractivity contribution in [1.82, 2.24) is 9.62 Å². The highest BCUT2D eigenvalue weighted by molar-refractivity contribution is 7.98. The molecular formula is C20H24N2O5S2. The third-order valence-electron chi connectivity index (χ3n) is 4.64. The molecule has 2 aromatic rings. The molecule has 1 saturated heterocycles. The van der Waals surface area contributed by atoms with E-state index in [4.69, 9.17) is 9.47 Å². The first kappa shape index (κ1) is 21.6. The number of carbonyl (C=O) groups excluding carboxylic acids is 1. The molecule has 1 fully saturated rings. The van der Waals surface area contributed by atoms with E-state index in [0.717, 1.165) is 10.5 Å². The van der Waals surface area contributed by atoms with Crippen LogP contribution in [0, 0.1) is 0 Å². The van der Waals surface area contributed by atoms with E-state index in [-0.39, 0.29) is 17.3 Å². The van der Waals surface area contributed by atoms with Gasteiger partial charge in [0, 0.05) is 24.5 Å². The van der Waals surface area contributed by atoms with Gasteiger partial charge in [-0.3, -0.25) is 4.79 Å². The standard InChI is InChI=1S/C20H24N2O5S2/c1-26-16-5-3-15(4-6-16)14-21-29(24,25)17-7-8-19(28-2)18(13-17)20(23)22-9-11-27-12-10-22/h3-8,13,21H,9-12,14H2,1-2H3. The number of benzene rings is 2.